The maximum absolute atomic E-state index is 6.21. The molecule has 300 valence electrons. The molecule has 64 heavy (non-hydrogen) atoms. The summed E-state index contributed by atoms with van der Waals surface area (Å²) in [6.45, 7) is 6.92. The first-order valence-electron chi connectivity index (χ1n) is 21.6. The van der Waals surface area contributed by atoms with Crippen LogP contribution in [0.1, 0.15) is 17.4 Å². The van der Waals surface area contributed by atoms with Crippen LogP contribution in [0, 0.1) is 0 Å². The third-order valence-electron chi connectivity index (χ3n) is 13.2. The van der Waals surface area contributed by atoms with Gasteiger partial charge in [-0.15, -0.1) is 22.7 Å². The maximum Gasteiger partial charge on any atom is 0.135 e. The third kappa shape index (κ3) is 4.95. The van der Waals surface area contributed by atoms with Gasteiger partial charge in [-0.3, -0.25) is 4.57 Å². The van der Waals surface area contributed by atoms with Crippen molar-refractivity contribution in [3.05, 3.63) is 199 Å². The summed E-state index contributed by atoms with van der Waals surface area (Å²) < 4.78 is 14.8. The van der Waals surface area contributed by atoms with Crippen molar-refractivity contribution in [1.29, 1.82) is 0 Å². The number of nitrogens with zero attached hydrogens (tertiary/aromatic N) is 3. The molecule has 9 aromatic carbocycles. The molecular formula is C58H35N3OS2. The highest BCUT2D eigenvalue weighted by molar-refractivity contribution is 7.27. The van der Waals surface area contributed by atoms with Crippen LogP contribution in [0.2, 0.25) is 0 Å². The Morgan fingerprint density at radius 2 is 1.17 bits per heavy atom. The first kappa shape index (κ1) is 35.8. The Balaban J connectivity index is 1.04. The summed E-state index contributed by atoms with van der Waals surface area (Å²) in [5.41, 5.74) is 10.6. The molecule has 0 unspecified atom stereocenters. The predicted octanol–water partition coefficient (Wildman–Crippen LogP) is 17.2. The monoisotopic (exact) mass is 853 g/mol. The van der Waals surface area contributed by atoms with Gasteiger partial charge in [0, 0.05) is 79.0 Å². The number of rotatable bonds is 4. The normalized spacial score (nSPS) is 12.6. The van der Waals surface area contributed by atoms with Crippen molar-refractivity contribution in [2.24, 2.45) is 4.99 Å². The summed E-state index contributed by atoms with van der Waals surface area (Å²) in [6.07, 6.45) is 0. The smallest absolute Gasteiger partial charge is 0.135 e. The van der Waals surface area contributed by atoms with Gasteiger partial charge >= 0.3 is 0 Å². The van der Waals surface area contributed by atoms with Gasteiger partial charge in [-0.05, 0) is 78.7 Å². The minimum Gasteiger partial charge on any atom is -0.456 e. The van der Waals surface area contributed by atoms with E-state index >= 15 is 0 Å². The maximum atomic E-state index is 6.21. The van der Waals surface area contributed by atoms with Gasteiger partial charge in [0.05, 0.1) is 32.6 Å². The Morgan fingerprint density at radius 1 is 0.500 bits per heavy atom. The minimum absolute atomic E-state index is 0.873. The highest BCUT2D eigenvalue weighted by Crippen LogP contribution is 2.50. The molecule has 0 atom stereocenters. The minimum atomic E-state index is 0.873. The molecule has 5 aromatic heterocycles. The molecule has 0 fully saturated rings. The molecular weight excluding hydrogens is 819 g/mol. The lowest BCUT2D eigenvalue weighted by molar-refractivity contribution is 0.669. The van der Waals surface area contributed by atoms with Gasteiger partial charge in [0.2, 0.25) is 0 Å². The predicted molar refractivity (Wildman–Crippen MR) is 276 cm³/mol. The standard InChI is InChI=1S/C58H35N3OS2/c1-33(35-28-29-50-44(30-35)38-19-10-14-26-49(38)62-50)57-55(42-23-11-15-27-51(42)63-57)59-34(2)60-47-25-13-9-22-41(47)53-54-45-31-43-37-18-8-12-24-46(37)61(36-16-4-3-5-17-36)48(43)32-52(45)64-58(54)40-21-7-6-20-39(40)56(53)60/h3-32H,1H2,2H3. The van der Waals surface area contributed by atoms with Gasteiger partial charge in [0.25, 0.3) is 0 Å². The Hall–Kier alpha value is -7.77. The van der Waals surface area contributed by atoms with Crippen LogP contribution in [0.25, 0.3) is 118 Å². The topological polar surface area (TPSA) is 35.4 Å². The molecule has 6 heteroatoms. The van der Waals surface area contributed by atoms with Crippen LogP contribution in [-0.4, -0.2) is 15.0 Å². The van der Waals surface area contributed by atoms with Crippen LogP contribution >= 0.6 is 22.7 Å². The molecule has 0 aliphatic heterocycles. The Kier molecular flexibility index (Phi) is 7.47. The lowest BCUT2D eigenvalue weighted by Gasteiger charge is -2.12. The Bertz CT molecular complexity index is 4340. The van der Waals surface area contributed by atoms with E-state index in [1.54, 1.807) is 11.3 Å². The number of thiophene rings is 2. The molecule has 0 aliphatic rings. The number of fused-ring (bicyclic) bond motifs is 17. The quantitative estimate of drug-likeness (QED) is 0.128. The van der Waals surface area contributed by atoms with Gasteiger partial charge in [-0.2, -0.15) is 0 Å². The number of para-hydroxylation sites is 4. The first-order chi connectivity index (χ1) is 31.6. The molecule has 0 bridgehead atoms. The molecule has 0 saturated heterocycles. The second-order valence-electron chi connectivity index (χ2n) is 16.7. The van der Waals surface area contributed by atoms with Crippen LogP contribution in [0.4, 0.5) is 5.69 Å². The summed E-state index contributed by atoms with van der Waals surface area (Å²) in [6, 6.07) is 65.5. The number of benzene rings is 9. The molecule has 0 radical (unpaired) electrons. The van der Waals surface area contributed by atoms with Crippen LogP contribution in [0.15, 0.2) is 198 Å². The Morgan fingerprint density at radius 3 is 2.02 bits per heavy atom. The fourth-order valence-corrected chi connectivity index (χ4v) is 12.8. The van der Waals surface area contributed by atoms with Crippen molar-refractivity contribution in [2.75, 3.05) is 0 Å². The van der Waals surface area contributed by atoms with E-state index in [2.05, 4.69) is 186 Å². The van der Waals surface area contributed by atoms with Crippen molar-refractivity contribution in [3.8, 4) is 5.69 Å². The third-order valence-corrected chi connectivity index (χ3v) is 15.6. The van der Waals surface area contributed by atoms with Crippen LogP contribution < -0.4 is 0 Å². The molecule has 0 amide bonds. The van der Waals surface area contributed by atoms with E-state index in [1.807, 2.05) is 23.5 Å². The second-order valence-corrected chi connectivity index (χ2v) is 18.8. The van der Waals surface area contributed by atoms with Crippen molar-refractivity contribution in [1.82, 2.24) is 9.13 Å². The zero-order valence-corrected chi connectivity index (χ0v) is 36.2. The fraction of sp³-hybridized carbons (Fsp3) is 0.0172. The average Bonchev–Trinajstić information content (AvgIpc) is 4.15. The first-order valence-corrected chi connectivity index (χ1v) is 23.2. The van der Waals surface area contributed by atoms with Crippen LogP contribution in [0.3, 0.4) is 0 Å². The van der Waals surface area contributed by atoms with E-state index in [4.69, 9.17) is 16.0 Å². The van der Waals surface area contributed by atoms with E-state index in [-0.39, 0.29) is 0 Å². The fourth-order valence-electron chi connectivity index (χ4n) is 10.4. The average molecular weight is 854 g/mol. The van der Waals surface area contributed by atoms with Gasteiger partial charge in [0.1, 0.15) is 17.0 Å². The summed E-state index contributed by atoms with van der Waals surface area (Å²) in [5, 5.41) is 13.3. The Labute approximate surface area is 374 Å². The van der Waals surface area contributed by atoms with Gasteiger partial charge in [0.15, 0.2) is 0 Å². The highest BCUT2D eigenvalue weighted by Gasteiger charge is 2.25. The second kappa shape index (κ2) is 13.4. The molecule has 0 spiro atoms. The van der Waals surface area contributed by atoms with Crippen molar-refractivity contribution in [2.45, 2.75) is 6.92 Å². The zero-order valence-electron chi connectivity index (χ0n) is 34.6. The molecule has 0 aliphatic carbocycles. The molecule has 0 saturated carbocycles. The summed E-state index contributed by atoms with van der Waals surface area (Å²) in [5.74, 6) is 0.900. The van der Waals surface area contributed by atoms with Crippen molar-refractivity contribution >= 4 is 146 Å². The number of hydrogen-bond acceptors (Lipinski definition) is 4. The molecule has 5 heterocycles. The highest BCUT2D eigenvalue weighted by atomic mass is 32.1. The number of aliphatic imine (C=N–C) groups is 1. The largest absolute Gasteiger partial charge is 0.456 e. The van der Waals surface area contributed by atoms with Gasteiger partial charge in [-0.1, -0.05) is 128 Å². The number of aromatic nitrogens is 2. The van der Waals surface area contributed by atoms with Gasteiger partial charge < -0.3 is 8.98 Å². The molecule has 14 rings (SSSR count). The molecule has 0 N–H and O–H groups in total. The summed E-state index contributed by atoms with van der Waals surface area (Å²) in [7, 11) is 0. The number of hydrogen-bond donors (Lipinski definition) is 0. The van der Waals surface area contributed by atoms with Crippen molar-refractivity contribution < 1.29 is 4.42 Å². The lowest BCUT2D eigenvalue weighted by Crippen LogP contribution is -2.07. The van der Waals surface area contributed by atoms with Crippen LogP contribution in [0.5, 0.6) is 0 Å². The van der Waals surface area contributed by atoms with Crippen molar-refractivity contribution in [3.63, 3.8) is 0 Å². The lowest BCUT2D eigenvalue weighted by atomic mass is 9.99. The summed E-state index contributed by atoms with van der Waals surface area (Å²) in [4.78, 5) is 6.75. The van der Waals surface area contributed by atoms with E-state index in [0.717, 1.165) is 66.1 Å². The SMILES string of the molecule is C=C(c1ccc2oc3ccccc3c2c1)c1sc2ccccc2c1N=C(C)n1c2ccccc2c2c3c4cc5c6ccccc6n(-c6ccccc6)c5cc4sc3c3ccccc3c21. The van der Waals surface area contributed by atoms with E-state index < -0.39 is 0 Å². The van der Waals surface area contributed by atoms with E-state index in [1.165, 1.54) is 73.7 Å². The summed E-state index contributed by atoms with van der Waals surface area (Å²) >= 11 is 3.66. The molecule has 4 nitrogen and oxygen atoms in total. The molecule has 14 aromatic rings. The van der Waals surface area contributed by atoms with E-state index in [9.17, 15) is 0 Å². The van der Waals surface area contributed by atoms with Crippen LogP contribution in [-0.2, 0) is 0 Å². The van der Waals surface area contributed by atoms with Gasteiger partial charge in [-0.25, -0.2) is 4.99 Å². The zero-order chi connectivity index (χ0) is 42.2. The van der Waals surface area contributed by atoms with E-state index in [0.29, 0.717) is 0 Å². The number of furan rings is 1.